The summed E-state index contributed by atoms with van der Waals surface area (Å²) in [7, 11) is 0. The maximum atomic E-state index is 13.0. The molecular weight excluding hydrogens is 186 g/mol. The molecule has 0 saturated carbocycles. The molecule has 0 saturated heterocycles. The van der Waals surface area contributed by atoms with E-state index in [9.17, 15) is 13.6 Å². The molecule has 1 aromatic carbocycles. The average molecular weight is 196 g/mol. The second-order valence-corrected chi connectivity index (χ2v) is 2.88. The predicted octanol–water partition coefficient (Wildman–Crippen LogP) is 2.88. The number of rotatable bonds is 3. The summed E-state index contributed by atoms with van der Waals surface area (Å²) in [5.41, 5.74) is 0.845. The summed E-state index contributed by atoms with van der Waals surface area (Å²) in [5, 5.41) is 0. The first-order chi connectivity index (χ1) is 6.66. The van der Waals surface area contributed by atoms with Crippen LogP contribution in [0.4, 0.5) is 8.78 Å². The quantitative estimate of drug-likeness (QED) is 0.679. The van der Waals surface area contributed by atoms with Crippen molar-refractivity contribution in [2.24, 2.45) is 0 Å². The summed E-state index contributed by atoms with van der Waals surface area (Å²) < 4.78 is 25.7. The SMILES string of the molecule is Cc1c(C=CCC=O)ccc(F)c1F. The lowest BCUT2D eigenvalue weighted by atomic mass is 10.1. The number of aldehydes is 1. The molecule has 1 aromatic rings. The topological polar surface area (TPSA) is 17.1 Å². The van der Waals surface area contributed by atoms with Crippen LogP contribution in [0.2, 0.25) is 0 Å². The van der Waals surface area contributed by atoms with Crippen LogP contribution in [0.3, 0.4) is 0 Å². The summed E-state index contributed by atoms with van der Waals surface area (Å²) in [4.78, 5) is 10.0. The molecule has 1 nitrogen and oxygen atoms in total. The molecule has 14 heavy (non-hydrogen) atoms. The Labute approximate surface area is 81.1 Å². The summed E-state index contributed by atoms with van der Waals surface area (Å²) in [6.07, 6.45) is 4.23. The highest BCUT2D eigenvalue weighted by Gasteiger charge is 2.06. The lowest BCUT2D eigenvalue weighted by Gasteiger charge is -2.01. The average Bonchev–Trinajstić information content (AvgIpc) is 2.18. The Morgan fingerprint density at radius 3 is 2.71 bits per heavy atom. The van der Waals surface area contributed by atoms with Gasteiger partial charge in [-0.15, -0.1) is 0 Å². The fourth-order valence-electron chi connectivity index (χ4n) is 1.10. The van der Waals surface area contributed by atoms with E-state index in [1.54, 1.807) is 12.2 Å². The Balaban J connectivity index is 2.99. The van der Waals surface area contributed by atoms with Crippen LogP contribution in [-0.2, 0) is 4.79 Å². The van der Waals surface area contributed by atoms with E-state index in [-0.39, 0.29) is 12.0 Å². The molecule has 0 fully saturated rings. The Morgan fingerprint density at radius 2 is 2.07 bits per heavy atom. The largest absolute Gasteiger partial charge is 0.303 e. The van der Waals surface area contributed by atoms with Crippen LogP contribution < -0.4 is 0 Å². The number of benzene rings is 1. The van der Waals surface area contributed by atoms with Crippen LogP contribution in [0.5, 0.6) is 0 Å². The molecule has 3 heteroatoms. The minimum absolute atomic E-state index is 0.257. The molecule has 0 bridgehead atoms. The highest BCUT2D eigenvalue weighted by molar-refractivity contribution is 5.59. The fourth-order valence-corrected chi connectivity index (χ4v) is 1.10. The number of allylic oxidation sites excluding steroid dienone is 1. The van der Waals surface area contributed by atoms with Gasteiger partial charge in [0.2, 0.25) is 0 Å². The second-order valence-electron chi connectivity index (χ2n) is 2.88. The molecule has 0 radical (unpaired) electrons. The molecule has 0 unspecified atom stereocenters. The van der Waals surface area contributed by atoms with E-state index < -0.39 is 11.6 Å². The zero-order valence-corrected chi connectivity index (χ0v) is 7.76. The highest BCUT2D eigenvalue weighted by Crippen LogP contribution is 2.16. The standard InChI is InChI=1S/C11H10F2O/c1-8-9(4-2-3-7-14)5-6-10(12)11(8)13/h2,4-7H,3H2,1H3. The molecule has 74 valence electrons. The fraction of sp³-hybridized carbons (Fsp3) is 0.182. The molecule has 0 aromatic heterocycles. The van der Waals surface area contributed by atoms with Crippen LogP contribution in [0.25, 0.3) is 6.08 Å². The summed E-state index contributed by atoms with van der Waals surface area (Å²) >= 11 is 0. The van der Waals surface area contributed by atoms with Gasteiger partial charge in [0.1, 0.15) is 6.29 Å². The molecule has 0 atom stereocenters. The first-order valence-electron chi connectivity index (χ1n) is 4.21. The molecule has 0 aliphatic carbocycles. The van der Waals surface area contributed by atoms with Crippen molar-refractivity contribution in [1.82, 2.24) is 0 Å². The van der Waals surface area contributed by atoms with Crippen LogP contribution in [0, 0.1) is 18.6 Å². The zero-order chi connectivity index (χ0) is 10.6. The lowest BCUT2D eigenvalue weighted by Crippen LogP contribution is -1.91. The number of carbonyl (C=O) groups is 1. The predicted molar refractivity (Wildman–Crippen MR) is 50.8 cm³/mol. The Bertz CT molecular complexity index is 370. The lowest BCUT2D eigenvalue weighted by molar-refractivity contribution is -0.107. The van der Waals surface area contributed by atoms with E-state index in [4.69, 9.17) is 0 Å². The van der Waals surface area contributed by atoms with E-state index in [1.807, 2.05) is 0 Å². The minimum atomic E-state index is -0.852. The van der Waals surface area contributed by atoms with E-state index >= 15 is 0 Å². The van der Waals surface area contributed by atoms with Gasteiger partial charge in [0.25, 0.3) is 0 Å². The van der Waals surface area contributed by atoms with Crippen molar-refractivity contribution in [2.45, 2.75) is 13.3 Å². The van der Waals surface area contributed by atoms with Crippen molar-refractivity contribution >= 4 is 12.4 Å². The van der Waals surface area contributed by atoms with Crippen molar-refractivity contribution in [3.8, 4) is 0 Å². The van der Waals surface area contributed by atoms with Gasteiger partial charge in [-0.2, -0.15) is 0 Å². The first kappa shape index (κ1) is 10.6. The van der Waals surface area contributed by atoms with E-state index in [2.05, 4.69) is 0 Å². The normalized spacial score (nSPS) is 10.8. The van der Waals surface area contributed by atoms with Crippen molar-refractivity contribution in [2.75, 3.05) is 0 Å². The molecule has 0 amide bonds. The monoisotopic (exact) mass is 196 g/mol. The van der Waals surface area contributed by atoms with Crippen molar-refractivity contribution in [1.29, 1.82) is 0 Å². The smallest absolute Gasteiger partial charge is 0.162 e. The number of carbonyl (C=O) groups excluding carboxylic acids is 1. The molecule has 0 aliphatic heterocycles. The third kappa shape index (κ3) is 2.25. The molecule has 0 aliphatic rings. The van der Waals surface area contributed by atoms with Crippen LogP contribution in [-0.4, -0.2) is 6.29 Å². The van der Waals surface area contributed by atoms with Crippen LogP contribution in [0.1, 0.15) is 17.5 Å². The van der Waals surface area contributed by atoms with Gasteiger partial charge in [-0.1, -0.05) is 18.2 Å². The maximum Gasteiger partial charge on any atom is 0.162 e. The van der Waals surface area contributed by atoms with Gasteiger partial charge < -0.3 is 4.79 Å². The maximum absolute atomic E-state index is 13.0. The van der Waals surface area contributed by atoms with Crippen molar-refractivity contribution in [3.63, 3.8) is 0 Å². The van der Waals surface area contributed by atoms with E-state index in [0.29, 0.717) is 5.56 Å². The molecule has 1 rings (SSSR count). The Kier molecular flexibility index (Phi) is 3.51. The number of hydrogen-bond donors (Lipinski definition) is 0. The van der Waals surface area contributed by atoms with Gasteiger partial charge in [-0.3, -0.25) is 0 Å². The van der Waals surface area contributed by atoms with Gasteiger partial charge in [-0.05, 0) is 24.1 Å². The first-order valence-corrected chi connectivity index (χ1v) is 4.21. The molecule has 0 heterocycles. The second kappa shape index (κ2) is 4.65. The summed E-state index contributed by atoms with van der Waals surface area (Å²) in [5.74, 6) is -1.69. The Morgan fingerprint density at radius 1 is 1.36 bits per heavy atom. The highest BCUT2D eigenvalue weighted by atomic mass is 19.2. The van der Waals surface area contributed by atoms with E-state index in [0.717, 1.165) is 12.4 Å². The van der Waals surface area contributed by atoms with Crippen LogP contribution >= 0.6 is 0 Å². The van der Waals surface area contributed by atoms with Crippen LogP contribution in [0.15, 0.2) is 18.2 Å². The van der Waals surface area contributed by atoms with Gasteiger partial charge >= 0.3 is 0 Å². The third-order valence-corrected chi connectivity index (χ3v) is 1.91. The van der Waals surface area contributed by atoms with Crippen molar-refractivity contribution in [3.05, 3.63) is 41.0 Å². The van der Waals surface area contributed by atoms with Gasteiger partial charge in [0.15, 0.2) is 11.6 Å². The van der Waals surface area contributed by atoms with E-state index in [1.165, 1.54) is 13.0 Å². The zero-order valence-electron chi connectivity index (χ0n) is 7.76. The number of halogens is 2. The van der Waals surface area contributed by atoms with Crippen molar-refractivity contribution < 1.29 is 13.6 Å². The summed E-state index contributed by atoms with van der Waals surface area (Å²) in [6.45, 7) is 1.50. The third-order valence-electron chi connectivity index (χ3n) is 1.91. The van der Waals surface area contributed by atoms with Gasteiger partial charge in [0, 0.05) is 6.42 Å². The van der Waals surface area contributed by atoms with Gasteiger partial charge in [-0.25, -0.2) is 8.78 Å². The molecule has 0 N–H and O–H groups in total. The number of hydrogen-bond acceptors (Lipinski definition) is 1. The van der Waals surface area contributed by atoms with Gasteiger partial charge in [0.05, 0.1) is 0 Å². The summed E-state index contributed by atoms with van der Waals surface area (Å²) in [6, 6.07) is 2.55. The molecular formula is C11H10F2O. The Hall–Kier alpha value is -1.51. The minimum Gasteiger partial charge on any atom is -0.303 e. The molecule has 0 spiro atoms.